The van der Waals surface area contributed by atoms with Crippen molar-refractivity contribution < 1.29 is 28.4 Å². The highest BCUT2D eigenvalue weighted by Crippen LogP contribution is 2.16. The van der Waals surface area contributed by atoms with Crippen LogP contribution in [0.5, 0.6) is 5.75 Å². The Morgan fingerprint density at radius 1 is 1.16 bits per heavy atom. The molecule has 0 saturated heterocycles. The summed E-state index contributed by atoms with van der Waals surface area (Å²) in [6, 6.07) is 10.8. The van der Waals surface area contributed by atoms with Crippen LogP contribution >= 0.6 is 11.3 Å². The number of rotatable bonds is 9. The Labute approximate surface area is 179 Å². The molecule has 160 valence electrons. The van der Waals surface area contributed by atoms with Crippen molar-refractivity contribution in [2.24, 2.45) is 0 Å². The van der Waals surface area contributed by atoms with Crippen molar-refractivity contribution in [2.75, 3.05) is 6.54 Å². The van der Waals surface area contributed by atoms with E-state index < -0.39 is 23.3 Å². The second-order valence-electron chi connectivity index (χ2n) is 6.13. The molecule has 0 aliphatic heterocycles. The Morgan fingerprint density at radius 2 is 1.94 bits per heavy atom. The molecular weight excluding hydrogens is 429 g/mol. The van der Waals surface area contributed by atoms with Gasteiger partial charge in [0.25, 0.3) is 11.6 Å². The first-order valence-electron chi connectivity index (χ1n) is 8.90. The molecule has 1 amide bonds. The predicted octanol–water partition coefficient (Wildman–Crippen LogP) is 3.24. The molecule has 3 aromatic rings. The van der Waals surface area contributed by atoms with E-state index in [2.05, 4.69) is 10.3 Å². The van der Waals surface area contributed by atoms with Crippen LogP contribution in [0.3, 0.4) is 0 Å². The Hall–Kier alpha value is -3.86. The van der Waals surface area contributed by atoms with Crippen LogP contribution in [0.4, 0.5) is 10.1 Å². The van der Waals surface area contributed by atoms with E-state index in [0.29, 0.717) is 16.5 Å². The minimum absolute atomic E-state index is 0.0623. The quantitative estimate of drug-likeness (QED) is 0.305. The van der Waals surface area contributed by atoms with Crippen LogP contribution < -0.4 is 10.1 Å². The zero-order valence-corrected chi connectivity index (χ0v) is 16.8. The van der Waals surface area contributed by atoms with E-state index in [1.54, 1.807) is 5.38 Å². The molecular formula is C20H16FN3O6S. The Balaban J connectivity index is 1.41. The smallest absolute Gasteiger partial charge is 0.325 e. The zero-order valence-electron chi connectivity index (χ0n) is 15.9. The van der Waals surface area contributed by atoms with Gasteiger partial charge in [0.2, 0.25) is 0 Å². The first kappa shape index (κ1) is 21.8. The van der Waals surface area contributed by atoms with Crippen LogP contribution in [0.15, 0.2) is 53.9 Å². The largest absolute Gasteiger partial charge is 0.486 e. The topological polar surface area (TPSA) is 121 Å². The fraction of sp³-hybridized carbons (Fsp3) is 0.150. The lowest BCUT2D eigenvalue weighted by atomic mass is 10.2. The number of hydrogen-bond acceptors (Lipinski definition) is 8. The number of carbonyl (C=O) groups excluding carboxylic acids is 2. The first-order valence-corrected chi connectivity index (χ1v) is 9.78. The molecule has 0 unspecified atom stereocenters. The summed E-state index contributed by atoms with van der Waals surface area (Å²) < 4.78 is 23.4. The molecule has 1 aromatic heterocycles. The van der Waals surface area contributed by atoms with Gasteiger partial charge in [0.1, 0.15) is 36.3 Å². The van der Waals surface area contributed by atoms with Crippen LogP contribution in [0.1, 0.15) is 21.1 Å². The zero-order chi connectivity index (χ0) is 22.2. The van der Waals surface area contributed by atoms with E-state index in [-0.39, 0.29) is 30.3 Å². The third kappa shape index (κ3) is 6.57. The van der Waals surface area contributed by atoms with Gasteiger partial charge >= 0.3 is 5.97 Å². The standard InChI is InChI=1S/C20H16FN3O6S/c21-14-4-6-17(7-5-14)29-11-18-23-15(12-31-18)10-30-19(25)9-22-20(26)13-2-1-3-16(8-13)24(27)28/h1-8,12H,9-11H2,(H,22,26). The number of nitrogens with zero attached hydrogens (tertiary/aromatic N) is 2. The summed E-state index contributed by atoms with van der Waals surface area (Å²) in [6.45, 7) is -0.297. The number of nitro groups is 1. The predicted molar refractivity (Wildman–Crippen MR) is 108 cm³/mol. The Morgan fingerprint density at radius 3 is 2.68 bits per heavy atom. The van der Waals surface area contributed by atoms with Crippen LogP contribution in [-0.4, -0.2) is 28.3 Å². The van der Waals surface area contributed by atoms with Gasteiger partial charge in [-0.25, -0.2) is 9.37 Å². The van der Waals surface area contributed by atoms with Gasteiger partial charge in [-0.15, -0.1) is 11.3 Å². The number of ether oxygens (including phenoxy) is 2. The fourth-order valence-corrected chi connectivity index (χ4v) is 3.07. The van der Waals surface area contributed by atoms with Crippen molar-refractivity contribution in [3.8, 4) is 5.75 Å². The minimum atomic E-state index is -0.684. The number of carbonyl (C=O) groups is 2. The molecule has 0 radical (unpaired) electrons. The van der Waals surface area contributed by atoms with E-state index in [1.807, 2.05) is 0 Å². The third-order valence-corrected chi connectivity index (χ3v) is 4.74. The van der Waals surface area contributed by atoms with Crippen LogP contribution in [0.25, 0.3) is 0 Å². The van der Waals surface area contributed by atoms with Crippen molar-refractivity contribution in [1.29, 1.82) is 0 Å². The Bertz CT molecular complexity index is 1090. The number of nitrogens with one attached hydrogen (secondary N) is 1. The lowest BCUT2D eigenvalue weighted by Gasteiger charge is -2.06. The molecule has 1 N–H and O–H groups in total. The molecule has 1 heterocycles. The third-order valence-electron chi connectivity index (χ3n) is 3.87. The number of aromatic nitrogens is 1. The molecule has 0 bridgehead atoms. The van der Waals surface area contributed by atoms with E-state index >= 15 is 0 Å². The van der Waals surface area contributed by atoms with Gasteiger partial charge in [0.15, 0.2) is 0 Å². The van der Waals surface area contributed by atoms with Gasteiger partial charge in [-0.2, -0.15) is 0 Å². The molecule has 2 aromatic carbocycles. The van der Waals surface area contributed by atoms with Crippen LogP contribution in [-0.2, 0) is 22.7 Å². The summed E-state index contributed by atoms with van der Waals surface area (Å²) in [4.78, 5) is 38.3. The van der Waals surface area contributed by atoms with Crippen molar-refractivity contribution in [3.63, 3.8) is 0 Å². The van der Waals surface area contributed by atoms with Gasteiger partial charge < -0.3 is 14.8 Å². The minimum Gasteiger partial charge on any atom is -0.486 e. The molecule has 0 fully saturated rings. The lowest BCUT2D eigenvalue weighted by Crippen LogP contribution is -2.30. The molecule has 0 atom stereocenters. The maximum Gasteiger partial charge on any atom is 0.325 e. The second-order valence-corrected chi connectivity index (χ2v) is 7.07. The molecule has 0 aliphatic carbocycles. The summed E-state index contributed by atoms with van der Waals surface area (Å²) in [6.07, 6.45) is 0. The van der Waals surface area contributed by atoms with Crippen molar-refractivity contribution in [3.05, 3.63) is 86.1 Å². The number of thiazole rings is 1. The van der Waals surface area contributed by atoms with Crippen LogP contribution in [0.2, 0.25) is 0 Å². The number of hydrogen-bond donors (Lipinski definition) is 1. The molecule has 0 saturated carbocycles. The van der Waals surface area contributed by atoms with Gasteiger partial charge in [-0.05, 0) is 30.3 Å². The summed E-state index contributed by atoms with van der Waals surface area (Å²) in [7, 11) is 0. The molecule has 11 heteroatoms. The molecule has 31 heavy (non-hydrogen) atoms. The first-order chi connectivity index (χ1) is 14.9. The summed E-state index contributed by atoms with van der Waals surface area (Å²) >= 11 is 1.32. The average molecular weight is 445 g/mol. The highest BCUT2D eigenvalue weighted by atomic mass is 32.1. The van der Waals surface area contributed by atoms with Crippen molar-refractivity contribution >= 4 is 28.9 Å². The summed E-state index contributed by atoms with van der Waals surface area (Å²) in [5.74, 6) is -1.17. The van der Waals surface area contributed by atoms with Gasteiger partial charge in [-0.3, -0.25) is 19.7 Å². The van der Waals surface area contributed by atoms with Crippen molar-refractivity contribution in [1.82, 2.24) is 10.3 Å². The number of non-ortho nitro benzene ring substituents is 1. The highest BCUT2D eigenvalue weighted by Gasteiger charge is 2.13. The molecule has 3 rings (SSSR count). The van der Waals surface area contributed by atoms with Gasteiger partial charge in [0.05, 0.1) is 10.6 Å². The number of halogens is 1. The lowest BCUT2D eigenvalue weighted by molar-refractivity contribution is -0.384. The SMILES string of the molecule is O=C(CNC(=O)c1cccc([N+](=O)[O-])c1)OCc1csc(COc2ccc(F)cc2)n1. The highest BCUT2D eigenvalue weighted by molar-refractivity contribution is 7.09. The summed E-state index contributed by atoms with van der Waals surface area (Å²) in [5.41, 5.74) is 0.353. The van der Waals surface area contributed by atoms with Crippen LogP contribution in [0, 0.1) is 15.9 Å². The van der Waals surface area contributed by atoms with E-state index in [4.69, 9.17) is 9.47 Å². The van der Waals surface area contributed by atoms with Crippen molar-refractivity contribution in [2.45, 2.75) is 13.2 Å². The van der Waals surface area contributed by atoms with E-state index in [0.717, 1.165) is 6.07 Å². The fourth-order valence-electron chi connectivity index (χ4n) is 2.38. The molecule has 9 nitrogen and oxygen atoms in total. The monoisotopic (exact) mass is 445 g/mol. The molecule has 0 spiro atoms. The van der Waals surface area contributed by atoms with E-state index in [9.17, 15) is 24.1 Å². The average Bonchev–Trinajstić information content (AvgIpc) is 3.23. The number of esters is 1. The van der Waals surface area contributed by atoms with Gasteiger partial charge in [-0.1, -0.05) is 6.07 Å². The number of benzene rings is 2. The normalized spacial score (nSPS) is 10.4. The van der Waals surface area contributed by atoms with Gasteiger partial charge in [0, 0.05) is 23.1 Å². The Kier molecular flexibility index (Phi) is 7.22. The maximum atomic E-state index is 12.9. The summed E-state index contributed by atoms with van der Waals surface area (Å²) in [5, 5.41) is 15.5. The van der Waals surface area contributed by atoms with E-state index in [1.165, 1.54) is 53.8 Å². The number of nitro benzene ring substituents is 1. The molecule has 0 aliphatic rings. The maximum absolute atomic E-state index is 12.9. The number of amides is 1. The second kappa shape index (κ2) is 10.3.